The predicted octanol–water partition coefficient (Wildman–Crippen LogP) is 4.45. The molecule has 0 aliphatic carbocycles. The number of nitrogens with zero attached hydrogens (tertiary/aromatic N) is 3. The van der Waals surface area contributed by atoms with Crippen LogP contribution in [-0.4, -0.2) is 37.1 Å². The Labute approximate surface area is 187 Å². The third-order valence-corrected chi connectivity index (χ3v) is 6.75. The average Bonchev–Trinajstić information content (AvgIpc) is 3.30. The Morgan fingerprint density at radius 1 is 1.30 bits per heavy atom. The minimum Gasteiger partial charge on any atom is -0.363 e. The van der Waals surface area contributed by atoms with Gasteiger partial charge in [-0.2, -0.15) is 0 Å². The van der Waals surface area contributed by atoms with Crippen LogP contribution in [0.25, 0.3) is 0 Å². The molecule has 3 rings (SSSR count). The van der Waals surface area contributed by atoms with E-state index in [-0.39, 0.29) is 29.4 Å². The van der Waals surface area contributed by atoms with Crippen molar-refractivity contribution >= 4 is 57.6 Å². The second-order valence-electron chi connectivity index (χ2n) is 7.68. The highest BCUT2D eigenvalue weighted by atomic mass is 127. The zero-order valence-corrected chi connectivity index (χ0v) is 20.5. The van der Waals surface area contributed by atoms with Crippen molar-refractivity contribution in [2.24, 2.45) is 4.99 Å². The van der Waals surface area contributed by atoms with E-state index in [1.54, 1.807) is 11.3 Å². The highest BCUT2D eigenvalue weighted by molar-refractivity contribution is 14.0. The predicted molar refractivity (Wildman–Crippen MR) is 129 cm³/mol. The Hall–Kier alpha value is -0.870. The van der Waals surface area contributed by atoms with Gasteiger partial charge in [0.15, 0.2) is 5.96 Å². The van der Waals surface area contributed by atoms with Gasteiger partial charge in [-0.05, 0) is 30.4 Å². The molecule has 1 saturated heterocycles. The topological polar surface area (TPSA) is 52.6 Å². The zero-order chi connectivity index (χ0) is 18.6. The molecule has 0 unspecified atom stereocenters. The second kappa shape index (κ2) is 10.1. The summed E-state index contributed by atoms with van der Waals surface area (Å²) in [5.41, 5.74) is 1.19. The number of guanidine groups is 1. The SMILES string of the molecule is CN=C(NCc1csc(C(C)(C)C)n1)NC1CCN(c2cccs2)CC1.I. The summed E-state index contributed by atoms with van der Waals surface area (Å²) in [7, 11) is 1.83. The highest BCUT2D eigenvalue weighted by Crippen LogP contribution is 2.26. The van der Waals surface area contributed by atoms with Crippen LogP contribution in [0.1, 0.15) is 44.3 Å². The highest BCUT2D eigenvalue weighted by Gasteiger charge is 2.21. The van der Waals surface area contributed by atoms with Crippen molar-refractivity contribution in [2.45, 2.75) is 51.6 Å². The normalized spacial score (nSPS) is 16.1. The van der Waals surface area contributed by atoms with E-state index in [4.69, 9.17) is 4.98 Å². The van der Waals surface area contributed by atoms with Crippen molar-refractivity contribution in [3.63, 3.8) is 0 Å². The molecule has 150 valence electrons. The maximum absolute atomic E-state index is 4.74. The van der Waals surface area contributed by atoms with Gasteiger partial charge in [0.05, 0.1) is 22.2 Å². The molecular formula is C19H30IN5S2. The summed E-state index contributed by atoms with van der Waals surface area (Å²) in [6.07, 6.45) is 2.26. The van der Waals surface area contributed by atoms with Crippen LogP contribution in [0.2, 0.25) is 0 Å². The Morgan fingerprint density at radius 2 is 2.04 bits per heavy atom. The molecule has 0 amide bonds. The molecular weight excluding hydrogens is 489 g/mol. The van der Waals surface area contributed by atoms with Gasteiger partial charge in [-0.15, -0.1) is 46.7 Å². The van der Waals surface area contributed by atoms with Crippen molar-refractivity contribution in [3.05, 3.63) is 33.6 Å². The summed E-state index contributed by atoms with van der Waals surface area (Å²) in [4.78, 5) is 11.6. The number of aliphatic imine (C=N–C) groups is 1. The van der Waals surface area contributed by atoms with Crippen LogP contribution in [0.5, 0.6) is 0 Å². The first kappa shape index (κ1) is 22.4. The summed E-state index contributed by atoms with van der Waals surface area (Å²) in [6, 6.07) is 4.80. The summed E-state index contributed by atoms with van der Waals surface area (Å²) in [5, 5.41) is 13.8. The van der Waals surface area contributed by atoms with Gasteiger partial charge in [-0.3, -0.25) is 4.99 Å². The monoisotopic (exact) mass is 519 g/mol. The molecule has 0 bridgehead atoms. The molecule has 3 heterocycles. The first-order chi connectivity index (χ1) is 12.5. The molecule has 0 radical (unpaired) electrons. The minimum atomic E-state index is 0. The smallest absolute Gasteiger partial charge is 0.191 e. The Bertz CT molecular complexity index is 713. The van der Waals surface area contributed by atoms with Crippen molar-refractivity contribution < 1.29 is 0 Å². The molecule has 27 heavy (non-hydrogen) atoms. The van der Waals surface area contributed by atoms with E-state index in [2.05, 4.69) is 64.2 Å². The van der Waals surface area contributed by atoms with Crippen molar-refractivity contribution in [1.29, 1.82) is 0 Å². The van der Waals surface area contributed by atoms with E-state index in [1.165, 1.54) is 10.0 Å². The van der Waals surface area contributed by atoms with Gasteiger partial charge < -0.3 is 15.5 Å². The fraction of sp³-hybridized carbons (Fsp3) is 0.579. The minimum absolute atomic E-state index is 0. The molecule has 0 aromatic carbocycles. The van der Waals surface area contributed by atoms with E-state index in [1.807, 2.05) is 18.4 Å². The summed E-state index contributed by atoms with van der Waals surface area (Å²) in [5.74, 6) is 0.866. The Balaban J connectivity index is 0.00000261. The number of thiazole rings is 1. The first-order valence-corrected chi connectivity index (χ1v) is 10.9. The molecule has 1 fully saturated rings. The number of hydrogen-bond acceptors (Lipinski definition) is 5. The summed E-state index contributed by atoms with van der Waals surface area (Å²) >= 11 is 3.56. The van der Waals surface area contributed by atoms with E-state index in [9.17, 15) is 0 Å². The molecule has 2 aromatic heterocycles. The van der Waals surface area contributed by atoms with Crippen molar-refractivity contribution in [1.82, 2.24) is 15.6 Å². The Morgan fingerprint density at radius 3 is 2.59 bits per heavy atom. The lowest BCUT2D eigenvalue weighted by Gasteiger charge is -2.33. The van der Waals surface area contributed by atoms with Crippen molar-refractivity contribution in [2.75, 3.05) is 25.0 Å². The van der Waals surface area contributed by atoms with Crippen LogP contribution in [0, 0.1) is 0 Å². The zero-order valence-electron chi connectivity index (χ0n) is 16.5. The summed E-state index contributed by atoms with van der Waals surface area (Å²) < 4.78 is 0. The molecule has 2 N–H and O–H groups in total. The quantitative estimate of drug-likeness (QED) is 0.356. The summed E-state index contributed by atoms with van der Waals surface area (Å²) in [6.45, 7) is 9.50. The van der Waals surface area contributed by atoms with Gasteiger partial charge >= 0.3 is 0 Å². The van der Waals surface area contributed by atoms with Crippen LogP contribution in [0.4, 0.5) is 5.00 Å². The fourth-order valence-corrected chi connectivity index (χ4v) is 4.68. The number of halogens is 1. The van der Waals surface area contributed by atoms with E-state index in [0.29, 0.717) is 12.6 Å². The fourth-order valence-electron chi connectivity index (χ4n) is 2.99. The lowest BCUT2D eigenvalue weighted by atomic mass is 9.98. The lowest BCUT2D eigenvalue weighted by Crippen LogP contribution is -2.48. The van der Waals surface area contributed by atoms with Crippen LogP contribution in [0.15, 0.2) is 27.9 Å². The van der Waals surface area contributed by atoms with Gasteiger partial charge in [0.2, 0.25) is 0 Å². The average molecular weight is 520 g/mol. The molecule has 0 spiro atoms. The van der Waals surface area contributed by atoms with Crippen LogP contribution in [0.3, 0.4) is 0 Å². The largest absolute Gasteiger partial charge is 0.363 e. The Kier molecular flexibility index (Phi) is 8.36. The number of hydrogen-bond donors (Lipinski definition) is 2. The molecule has 8 heteroatoms. The van der Waals surface area contributed by atoms with E-state index in [0.717, 1.165) is 37.6 Å². The van der Waals surface area contributed by atoms with Gasteiger partial charge in [0, 0.05) is 37.0 Å². The molecule has 5 nitrogen and oxygen atoms in total. The van der Waals surface area contributed by atoms with Gasteiger partial charge in [-0.25, -0.2) is 4.98 Å². The second-order valence-corrected chi connectivity index (χ2v) is 9.46. The third-order valence-electron chi connectivity index (χ3n) is 4.51. The molecule has 2 aromatic rings. The number of rotatable bonds is 4. The molecule has 0 saturated carbocycles. The number of anilines is 1. The van der Waals surface area contributed by atoms with Gasteiger partial charge in [-0.1, -0.05) is 20.8 Å². The molecule has 1 aliphatic heterocycles. The molecule has 0 atom stereocenters. The van der Waals surface area contributed by atoms with Crippen molar-refractivity contribution in [3.8, 4) is 0 Å². The third kappa shape index (κ3) is 6.32. The van der Waals surface area contributed by atoms with Crippen LogP contribution < -0.4 is 15.5 Å². The first-order valence-electron chi connectivity index (χ1n) is 9.16. The van der Waals surface area contributed by atoms with E-state index >= 15 is 0 Å². The number of nitrogens with one attached hydrogen (secondary N) is 2. The van der Waals surface area contributed by atoms with Gasteiger partial charge in [0.25, 0.3) is 0 Å². The van der Waals surface area contributed by atoms with E-state index < -0.39 is 0 Å². The standard InChI is InChI=1S/C19H29N5S2.HI/c1-19(2,3)17-22-15(13-26-17)12-21-18(20-4)23-14-7-9-24(10-8-14)16-6-5-11-25-16;/h5-6,11,13-14H,7-10,12H2,1-4H3,(H2,20,21,23);1H. The maximum atomic E-state index is 4.74. The van der Waals surface area contributed by atoms with Crippen LogP contribution >= 0.6 is 46.7 Å². The van der Waals surface area contributed by atoms with Crippen LogP contribution in [-0.2, 0) is 12.0 Å². The molecule has 1 aliphatic rings. The van der Waals surface area contributed by atoms with Gasteiger partial charge in [0.1, 0.15) is 0 Å². The lowest BCUT2D eigenvalue weighted by molar-refractivity contribution is 0.462. The number of thiophene rings is 1. The number of aromatic nitrogens is 1. The maximum Gasteiger partial charge on any atom is 0.191 e. The number of piperidine rings is 1.